The maximum absolute atomic E-state index is 14.0. The van der Waals surface area contributed by atoms with E-state index in [0.717, 1.165) is 18.2 Å². The molecule has 2 heterocycles. The lowest BCUT2D eigenvalue weighted by Crippen LogP contribution is -2.37. The van der Waals surface area contributed by atoms with Gasteiger partial charge in [0.1, 0.15) is 17.6 Å². The van der Waals surface area contributed by atoms with Gasteiger partial charge >= 0.3 is 0 Å². The van der Waals surface area contributed by atoms with Crippen molar-refractivity contribution in [2.75, 3.05) is 9.62 Å². The Kier molecular flexibility index (Phi) is 5.06. The van der Waals surface area contributed by atoms with Crippen LogP contribution in [0.25, 0.3) is 0 Å². The van der Waals surface area contributed by atoms with Crippen LogP contribution in [0.2, 0.25) is 5.02 Å². The molecule has 0 spiro atoms. The number of carbonyl (C=O) groups is 1. The maximum atomic E-state index is 14.0. The van der Waals surface area contributed by atoms with Crippen LogP contribution in [0.5, 0.6) is 0 Å². The highest BCUT2D eigenvalue weighted by Crippen LogP contribution is 2.47. The molecule has 6 nitrogen and oxygen atoms in total. The summed E-state index contributed by atoms with van der Waals surface area (Å²) in [5.41, 5.74) is 1.90. The summed E-state index contributed by atoms with van der Waals surface area (Å²) < 4.78 is 48.6. The van der Waals surface area contributed by atoms with Gasteiger partial charge in [-0.05, 0) is 55.3 Å². The molecule has 3 aromatic rings. The summed E-state index contributed by atoms with van der Waals surface area (Å²) in [5, 5.41) is 2.97. The third kappa shape index (κ3) is 3.30. The predicted octanol–water partition coefficient (Wildman–Crippen LogP) is 5.44. The summed E-state index contributed by atoms with van der Waals surface area (Å²) in [6.45, 7) is 0. The molecule has 1 aliphatic heterocycles. The Balaban J connectivity index is 1.82. The molecule has 1 N–H and O–H groups in total. The Morgan fingerprint density at radius 2 is 1.91 bits per heavy atom. The summed E-state index contributed by atoms with van der Waals surface area (Å²) in [5.74, 6) is -0.563. The highest BCUT2D eigenvalue weighted by Gasteiger charge is 2.43. The van der Waals surface area contributed by atoms with E-state index in [9.17, 15) is 17.6 Å². The number of hydrogen-bond acceptors (Lipinski definition) is 5. The molecule has 32 heavy (non-hydrogen) atoms. The average Bonchev–Trinajstić information content (AvgIpc) is 3.24. The molecule has 0 amide bonds. The zero-order chi connectivity index (χ0) is 22.5. The van der Waals surface area contributed by atoms with E-state index in [1.165, 1.54) is 10.6 Å². The van der Waals surface area contributed by atoms with E-state index in [-0.39, 0.29) is 15.7 Å². The normalized spacial score (nSPS) is 18.6. The van der Waals surface area contributed by atoms with E-state index >= 15 is 0 Å². The molecule has 1 aromatic heterocycles. The van der Waals surface area contributed by atoms with Crippen LogP contribution in [0.3, 0.4) is 0 Å². The number of carbonyl (C=O) groups excluding carboxylic acids is 1. The highest BCUT2D eigenvalue weighted by atomic mass is 35.5. The zero-order valence-corrected chi connectivity index (χ0v) is 18.3. The number of anilines is 2. The number of fused-ring (bicyclic) bond motifs is 1. The van der Waals surface area contributed by atoms with Crippen LogP contribution < -0.4 is 9.62 Å². The second kappa shape index (κ2) is 7.79. The van der Waals surface area contributed by atoms with Gasteiger partial charge in [0, 0.05) is 17.7 Å². The van der Waals surface area contributed by atoms with Crippen LogP contribution in [0.1, 0.15) is 31.1 Å². The van der Waals surface area contributed by atoms with E-state index < -0.39 is 21.9 Å². The lowest BCUT2D eigenvalue weighted by molar-refractivity contribution is -0.116. The molecule has 0 radical (unpaired) electrons. The SMILES string of the molecule is O=C1CCCC2=C1C(c1ccco1)N(S(=O)(=O)c1ccc(F)c(Cl)c1)c1ccccc1N2. The first-order chi connectivity index (χ1) is 15.4. The number of Topliss-reactive ketones (excluding diaryl/α,β-unsaturated/α-hetero) is 1. The molecule has 1 unspecified atom stereocenters. The minimum absolute atomic E-state index is 0.148. The third-order valence-electron chi connectivity index (χ3n) is 5.65. The molecule has 1 aliphatic carbocycles. The Labute approximate surface area is 189 Å². The van der Waals surface area contributed by atoms with Crippen LogP contribution in [0, 0.1) is 5.82 Å². The van der Waals surface area contributed by atoms with E-state index in [2.05, 4.69) is 5.32 Å². The van der Waals surface area contributed by atoms with Crippen LogP contribution in [-0.2, 0) is 14.8 Å². The van der Waals surface area contributed by atoms with E-state index in [1.54, 1.807) is 36.4 Å². The van der Waals surface area contributed by atoms with Gasteiger partial charge in [-0.15, -0.1) is 0 Å². The monoisotopic (exact) mass is 472 g/mol. The number of nitrogens with zero attached hydrogens (tertiary/aromatic N) is 1. The summed E-state index contributed by atoms with van der Waals surface area (Å²) >= 11 is 5.91. The van der Waals surface area contributed by atoms with Crippen molar-refractivity contribution in [1.82, 2.24) is 0 Å². The summed E-state index contributed by atoms with van der Waals surface area (Å²) in [6.07, 6.45) is 3.01. The summed E-state index contributed by atoms with van der Waals surface area (Å²) in [4.78, 5) is 12.9. The molecule has 5 rings (SSSR count). The molecule has 2 aliphatic rings. The Bertz CT molecular complexity index is 1350. The minimum atomic E-state index is -4.29. The molecule has 9 heteroatoms. The number of allylic oxidation sites excluding steroid dienone is 1. The fraction of sp³-hybridized carbons (Fsp3) is 0.174. The van der Waals surface area contributed by atoms with Gasteiger partial charge < -0.3 is 9.73 Å². The number of sulfonamides is 1. The first kappa shape index (κ1) is 20.8. The van der Waals surface area contributed by atoms with Crippen molar-refractivity contribution in [2.24, 2.45) is 0 Å². The number of rotatable bonds is 3. The maximum Gasteiger partial charge on any atom is 0.265 e. The molecule has 0 saturated carbocycles. The minimum Gasteiger partial charge on any atom is -0.467 e. The van der Waals surface area contributed by atoms with Gasteiger partial charge in [0.05, 0.1) is 27.6 Å². The first-order valence-corrected chi connectivity index (χ1v) is 11.8. The van der Waals surface area contributed by atoms with E-state index in [1.807, 2.05) is 0 Å². The predicted molar refractivity (Wildman–Crippen MR) is 118 cm³/mol. The van der Waals surface area contributed by atoms with Crippen LogP contribution >= 0.6 is 11.6 Å². The number of halogens is 2. The van der Waals surface area contributed by atoms with E-state index in [0.29, 0.717) is 47.7 Å². The fourth-order valence-corrected chi connectivity index (χ4v) is 6.11. The van der Waals surface area contributed by atoms with Gasteiger partial charge in [-0.25, -0.2) is 17.1 Å². The fourth-order valence-electron chi connectivity index (χ4n) is 4.22. The number of nitrogens with one attached hydrogen (secondary N) is 1. The van der Waals surface area contributed by atoms with Crippen molar-refractivity contribution in [2.45, 2.75) is 30.2 Å². The van der Waals surface area contributed by atoms with Crippen molar-refractivity contribution in [1.29, 1.82) is 0 Å². The number of benzene rings is 2. The number of hydrogen-bond donors (Lipinski definition) is 1. The van der Waals surface area contributed by atoms with E-state index in [4.69, 9.17) is 16.0 Å². The smallest absolute Gasteiger partial charge is 0.265 e. The Morgan fingerprint density at radius 3 is 2.66 bits per heavy atom. The second-order valence-corrected chi connectivity index (χ2v) is 9.83. The van der Waals surface area contributed by atoms with Crippen molar-refractivity contribution < 1.29 is 22.0 Å². The average molecular weight is 473 g/mol. The molecule has 2 aromatic carbocycles. The molecule has 1 atom stereocenters. The largest absolute Gasteiger partial charge is 0.467 e. The quantitative estimate of drug-likeness (QED) is 0.549. The standard InChI is InChI=1S/C23H18ClFN2O4S/c24-15-13-14(10-11-16(15)25)32(29,30)27-19-7-2-1-5-17(19)26-18-6-3-8-20(28)22(18)23(27)21-9-4-12-31-21/h1-2,4-5,7,9-13,23,26H,3,6,8H2. The molecule has 0 saturated heterocycles. The van der Waals surface area contributed by atoms with Crippen molar-refractivity contribution in [3.05, 3.63) is 88.7 Å². The summed E-state index contributed by atoms with van der Waals surface area (Å²) in [7, 11) is -4.29. The van der Waals surface area contributed by atoms with Gasteiger partial charge in [-0.2, -0.15) is 0 Å². The Hall–Kier alpha value is -3.10. The van der Waals surface area contributed by atoms with Crippen LogP contribution in [-0.4, -0.2) is 14.2 Å². The summed E-state index contributed by atoms with van der Waals surface area (Å²) in [6, 6.07) is 12.4. The molecule has 0 fully saturated rings. The Morgan fingerprint density at radius 1 is 1.09 bits per heavy atom. The van der Waals surface area contributed by atoms with Gasteiger partial charge in [-0.1, -0.05) is 23.7 Å². The number of ketones is 1. The molecular formula is C23H18ClFN2O4S. The van der Waals surface area contributed by atoms with Crippen LogP contribution in [0.4, 0.5) is 15.8 Å². The van der Waals surface area contributed by atoms with Gasteiger partial charge in [-0.3, -0.25) is 4.79 Å². The lowest BCUT2D eigenvalue weighted by Gasteiger charge is -2.33. The van der Waals surface area contributed by atoms with Gasteiger partial charge in [0.25, 0.3) is 10.0 Å². The van der Waals surface area contributed by atoms with Crippen molar-refractivity contribution in [3.8, 4) is 0 Å². The van der Waals surface area contributed by atoms with Crippen molar-refractivity contribution in [3.63, 3.8) is 0 Å². The number of para-hydroxylation sites is 2. The topological polar surface area (TPSA) is 79.6 Å². The van der Waals surface area contributed by atoms with Crippen molar-refractivity contribution >= 4 is 38.8 Å². The molecule has 164 valence electrons. The van der Waals surface area contributed by atoms with Gasteiger partial charge in [0.2, 0.25) is 0 Å². The molecule has 0 bridgehead atoms. The highest BCUT2D eigenvalue weighted by molar-refractivity contribution is 7.92. The van der Waals surface area contributed by atoms with Gasteiger partial charge in [0.15, 0.2) is 5.78 Å². The number of furan rings is 1. The van der Waals surface area contributed by atoms with Crippen LogP contribution in [0.15, 0.2) is 81.4 Å². The third-order valence-corrected chi connectivity index (χ3v) is 7.72. The lowest BCUT2D eigenvalue weighted by atomic mass is 9.89. The second-order valence-electron chi connectivity index (χ2n) is 7.61. The molecular weight excluding hydrogens is 455 g/mol. The zero-order valence-electron chi connectivity index (χ0n) is 16.7. The first-order valence-electron chi connectivity index (χ1n) is 10.0.